The Bertz CT molecular complexity index is 1110. The monoisotopic (exact) mass is 365 g/mol. The SMILES string of the molecule is O=C(Nc1cccc2ccccc12)c1ccc(-c2ccc(F)c(Cl)c2)o1. The van der Waals surface area contributed by atoms with E-state index < -0.39 is 5.82 Å². The third-order valence-corrected chi connectivity index (χ3v) is 4.36. The number of fused-ring (bicyclic) bond motifs is 1. The highest BCUT2D eigenvalue weighted by Gasteiger charge is 2.14. The number of furan rings is 1. The minimum Gasteiger partial charge on any atom is -0.451 e. The smallest absolute Gasteiger partial charge is 0.291 e. The van der Waals surface area contributed by atoms with Gasteiger partial charge in [0.05, 0.1) is 5.02 Å². The van der Waals surface area contributed by atoms with Gasteiger partial charge in [-0.2, -0.15) is 0 Å². The number of hydrogen-bond acceptors (Lipinski definition) is 2. The number of benzene rings is 3. The standard InChI is InChI=1S/C21H13ClFNO2/c22-16-12-14(8-9-17(16)23)19-10-11-20(26-19)21(25)24-18-7-3-5-13-4-1-2-6-15(13)18/h1-12H,(H,24,25). The molecule has 4 rings (SSSR count). The zero-order valence-electron chi connectivity index (χ0n) is 13.5. The normalized spacial score (nSPS) is 10.8. The Morgan fingerprint density at radius 2 is 1.77 bits per heavy atom. The summed E-state index contributed by atoms with van der Waals surface area (Å²) >= 11 is 5.80. The molecule has 4 aromatic rings. The lowest BCUT2D eigenvalue weighted by molar-refractivity contribution is 0.0997. The van der Waals surface area contributed by atoms with E-state index >= 15 is 0 Å². The zero-order chi connectivity index (χ0) is 18.1. The minimum absolute atomic E-state index is 0.000608. The Morgan fingerprint density at radius 3 is 2.62 bits per heavy atom. The molecule has 5 heteroatoms. The van der Waals surface area contributed by atoms with Gasteiger partial charge < -0.3 is 9.73 Å². The minimum atomic E-state index is -0.504. The first-order valence-electron chi connectivity index (χ1n) is 7.96. The first-order valence-corrected chi connectivity index (χ1v) is 8.34. The van der Waals surface area contributed by atoms with Crippen molar-refractivity contribution in [3.8, 4) is 11.3 Å². The van der Waals surface area contributed by atoms with E-state index in [1.165, 1.54) is 12.1 Å². The molecule has 1 N–H and O–H groups in total. The molecule has 26 heavy (non-hydrogen) atoms. The molecular weight excluding hydrogens is 353 g/mol. The van der Waals surface area contributed by atoms with E-state index in [-0.39, 0.29) is 16.7 Å². The van der Waals surface area contributed by atoms with E-state index in [1.807, 2.05) is 42.5 Å². The third kappa shape index (κ3) is 3.07. The average molecular weight is 366 g/mol. The van der Waals surface area contributed by atoms with Crippen LogP contribution in [0, 0.1) is 5.82 Å². The van der Waals surface area contributed by atoms with Gasteiger partial charge in [0.2, 0.25) is 0 Å². The van der Waals surface area contributed by atoms with Crippen molar-refractivity contribution in [3.63, 3.8) is 0 Å². The topological polar surface area (TPSA) is 42.2 Å². The molecule has 1 heterocycles. The van der Waals surface area contributed by atoms with Crippen molar-refractivity contribution in [2.75, 3.05) is 5.32 Å². The number of halogens is 2. The maximum atomic E-state index is 13.3. The van der Waals surface area contributed by atoms with Gasteiger partial charge in [-0.15, -0.1) is 0 Å². The molecule has 1 amide bonds. The molecule has 3 nitrogen and oxygen atoms in total. The van der Waals surface area contributed by atoms with Crippen LogP contribution in [0.4, 0.5) is 10.1 Å². The fourth-order valence-electron chi connectivity index (χ4n) is 2.78. The van der Waals surface area contributed by atoms with Crippen molar-refractivity contribution in [1.29, 1.82) is 0 Å². The quantitative estimate of drug-likeness (QED) is 0.473. The molecule has 0 saturated heterocycles. The van der Waals surface area contributed by atoms with E-state index in [4.69, 9.17) is 16.0 Å². The fraction of sp³-hybridized carbons (Fsp3) is 0. The summed E-state index contributed by atoms with van der Waals surface area (Å²) in [5, 5.41) is 4.85. The fourth-order valence-corrected chi connectivity index (χ4v) is 2.96. The molecule has 3 aromatic carbocycles. The average Bonchev–Trinajstić information content (AvgIpc) is 3.15. The van der Waals surface area contributed by atoms with Gasteiger partial charge in [-0.25, -0.2) is 4.39 Å². The van der Waals surface area contributed by atoms with Crippen LogP contribution >= 0.6 is 11.6 Å². The number of amides is 1. The highest BCUT2D eigenvalue weighted by Crippen LogP contribution is 2.28. The van der Waals surface area contributed by atoms with Gasteiger partial charge in [0.15, 0.2) is 5.76 Å². The molecular formula is C21H13ClFNO2. The number of anilines is 1. The Morgan fingerprint density at radius 1 is 0.962 bits per heavy atom. The molecule has 0 aliphatic carbocycles. The molecule has 0 atom stereocenters. The Hall–Kier alpha value is -3.11. The molecule has 128 valence electrons. The van der Waals surface area contributed by atoms with Gasteiger partial charge in [0.25, 0.3) is 5.91 Å². The first-order chi connectivity index (χ1) is 12.6. The lowest BCUT2D eigenvalue weighted by atomic mass is 10.1. The molecule has 0 spiro atoms. The highest BCUT2D eigenvalue weighted by atomic mass is 35.5. The van der Waals surface area contributed by atoms with Gasteiger partial charge >= 0.3 is 0 Å². The second-order valence-corrected chi connectivity index (χ2v) is 6.18. The van der Waals surface area contributed by atoms with Crippen LogP contribution in [0.5, 0.6) is 0 Å². The second kappa shape index (κ2) is 6.65. The molecule has 0 fully saturated rings. The molecule has 0 radical (unpaired) electrons. The van der Waals surface area contributed by atoms with Crippen LogP contribution in [0.15, 0.2) is 77.2 Å². The maximum Gasteiger partial charge on any atom is 0.291 e. The summed E-state index contributed by atoms with van der Waals surface area (Å²) in [6.45, 7) is 0. The summed E-state index contributed by atoms with van der Waals surface area (Å²) in [6.07, 6.45) is 0. The summed E-state index contributed by atoms with van der Waals surface area (Å²) in [7, 11) is 0. The predicted octanol–water partition coefficient (Wildman–Crippen LogP) is 6.14. The summed E-state index contributed by atoms with van der Waals surface area (Å²) in [5.41, 5.74) is 1.30. The number of hydrogen-bond donors (Lipinski definition) is 1. The van der Waals surface area contributed by atoms with E-state index in [0.29, 0.717) is 17.0 Å². The van der Waals surface area contributed by atoms with Crippen LogP contribution < -0.4 is 5.32 Å². The van der Waals surface area contributed by atoms with Gasteiger partial charge in [0, 0.05) is 16.6 Å². The van der Waals surface area contributed by atoms with Gasteiger partial charge in [0.1, 0.15) is 11.6 Å². The lowest BCUT2D eigenvalue weighted by Gasteiger charge is -2.07. The van der Waals surface area contributed by atoms with Crippen LogP contribution in [0.3, 0.4) is 0 Å². The lowest BCUT2D eigenvalue weighted by Crippen LogP contribution is -2.11. The van der Waals surface area contributed by atoms with Crippen molar-refractivity contribution < 1.29 is 13.6 Å². The number of carbonyl (C=O) groups is 1. The van der Waals surface area contributed by atoms with E-state index in [2.05, 4.69) is 5.32 Å². The van der Waals surface area contributed by atoms with Crippen molar-refractivity contribution >= 4 is 34.0 Å². The van der Waals surface area contributed by atoms with Gasteiger partial charge in [-0.05, 0) is 41.8 Å². The molecule has 0 aliphatic rings. The largest absolute Gasteiger partial charge is 0.451 e. The molecule has 0 aliphatic heterocycles. The highest BCUT2D eigenvalue weighted by molar-refractivity contribution is 6.31. The van der Waals surface area contributed by atoms with Gasteiger partial charge in [-0.3, -0.25) is 4.79 Å². The van der Waals surface area contributed by atoms with Crippen molar-refractivity contribution in [3.05, 3.63) is 89.4 Å². The third-order valence-electron chi connectivity index (χ3n) is 4.07. The Balaban J connectivity index is 1.61. The molecule has 1 aromatic heterocycles. The summed E-state index contributed by atoms with van der Waals surface area (Å²) < 4.78 is 18.9. The van der Waals surface area contributed by atoms with Crippen molar-refractivity contribution in [2.24, 2.45) is 0 Å². The zero-order valence-corrected chi connectivity index (χ0v) is 14.3. The number of rotatable bonds is 3. The van der Waals surface area contributed by atoms with Crippen molar-refractivity contribution in [1.82, 2.24) is 0 Å². The van der Waals surface area contributed by atoms with Crippen LogP contribution in [0.2, 0.25) is 5.02 Å². The molecule has 0 bridgehead atoms. The first kappa shape index (κ1) is 16.4. The summed E-state index contributed by atoms with van der Waals surface area (Å²) in [4.78, 5) is 12.5. The predicted molar refractivity (Wildman–Crippen MR) is 101 cm³/mol. The Labute approximate surface area is 154 Å². The maximum absolute atomic E-state index is 13.3. The number of carbonyl (C=O) groups excluding carboxylic acids is 1. The van der Waals surface area contributed by atoms with Crippen LogP contribution in [-0.4, -0.2) is 5.91 Å². The number of nitrogens with one attached hydrogen (secondary N) is 1. The molecule has 0 saturated carbocycles. The van der Waals surface area contributed by atoms with E-state index in [1.54, 1.807) is 18.2 Å². The van der Waals surface area contributed by atoms with E-state index in [9.17, 15) is 9.18 Å². The van der Waals surface area contributed by atoms with Crippen LogP contribution in [0.1, 0.15) is 10.6 Å². The van der Waals surface area contributed by atoms with Crippen LogP contribution in [0.25, 0.3) is 22.1 Å². The van der Waals surface area contributed by atoms with Gasteiger partial charge in [-0.1, -0.05) is 48.0 Å². The Kier molecular flexibility index (Phi) is 4.19. The second-order valence-electron chi connectivity index (χ2n) is 5.77. The van der Waals surface area contributed by atoms with Crippen LogP contribution in [-0.2, 0) is 0 Å². The van der Waals surface area contributed by atoms with Crippen molar-refractivity contribution in [2.45, 2.75) is 0 Å². The van der Waals surface area contributed by atoms with E-state index in [0.717, 1.165) is 10.8 Å². The summed E-state index contributed by atoms with van der Waals surface area (Å²) in [5.74, 6) is -0.264. The molecule has 0 unspecified atom stereocenters. The summed E-state index contributed by atoms with van der Waals surface area (Å²) in [6, 6.07) is 21.0.